The van der Waals surface area contributed by atoms with Crippen LogP contribution in [0.1, 0.15) is 18.9 Å². The molecule has 2 aromatic carbocycles. The van der Waals surface area contributed by atoms with Gasteiger partial charge >= 0.3 is 0 Å². The molecule has 0 atom stereocenters. The van der Waals surface area contributed by atoms with E-state index in [0.717, 1.165) is 10.0 Å². The average molecular weight is 405 g/mol. The monoisotopic (exact) mass is 404 g/mol. The first kappa shape index (κ1) is 19.0. The Morgan fingerprint density at radius 2 is 1.88 bits per heavy atom. The lowest BCUT2D eigenvalue weighted by Crippen LogP contribution is -2.28. The number of halogens is 1. The lowest BCUT2D eigenvalue weighted by atomic mass is 10.1. The molecule has 25 heavy (non-hydrogen) atoms. The van der Waals surface area contributed by atoms with Crippen LogP contribution in [0.15, 0.2) is 53.0 Å². The first-order valence-corrected chi connectivity index (χ1v) is 8.90. The Balaban J connectivity index is 1.85. The summed E-state index contributed by atoms with van der Waals surface area (Å²) in [7, 11) is 0. The van der Waals surface area contributed by atoms with E-state index in [9.17, 15) is 9.59 Å². The lowest BCUT2D eigenvalue weighted by molar-refractivity contribution is -0.123. The molecule has 0 saturated heterocycles. The van der Waals surface area contributed by atoms with Gasteiger partial charge in [0.2, 0.25) is 5.91 Å². The van der Waals surface area contributed by atoms with Gasteiger partial charge in [-0.15, -0.1) is 0 Å². The van der Waals surface area contributed by atoms with Gasteiger partial charge in [-0.3, -0.25) is 9.59 Å². The number of hydrogen-bond donors (Lipinski definition) is 2. The number of likely N-dealkylation sites (N-methyl/N-ethyl adjacent to an activating group) is 1. The van der Waals surface area contributed by atoms with Gasteiger partial charge in [0.1, 0.15) is 5.75 Å². The molecule has 2 N–H and O–H groups in total. The minimum Gasteiger partial charge on any atom is -0.484 e. The van der Waals surface area contributed by atoms with E-state index < -0.39 is 0 Å². The van der Waals surface area contributed by atoms with E-state index in [1.807, 2.05) is 31.2 Å². The first-order chi connectivity index (χ1) is 12.1. The third-order valence-electron chi connectivity index (χ3n) is 3.44. The number of nitrogens with one attached hydrogen (secondary N) is 2. The van der Waals surface area contributed by atoms with E-state index >= 15 is 0 Å². The van der Waals surface area contributed by atoms with Crippen molar-refractivity contribution in [2.24, 2.45) is 0 Å². The van der Waals surface area contributed by atoms with Crippen LogP contribution in [0.25, 0.3) is 0 Å². The van der Waals surface area contributed by atoms with Crippen molar-refractivity contribution in [3.05, 3.63) is 58.6 Å². The van der Waals surface area contributed by atoms with Crippen molar-refractivity contribution >= 4 is 33.4 Å². The first-order valence-electron chi connectivity index (χ1n) is 8.11. The molecule has 5 nitrogen and oxygen atoms in total. The van der Waals surface area contributed by atoms with Gasteiger partial charge in [0, 0.05) is 29.2 Å². The van der Waals surface area contributed by atoms with Crippen molar-refractivity contribution in [3.8, 4) is 5.75 Å². The highest BCUT2D eigenvalue weighted by atomic mass is 79.9. The van der Waals surface area contributed by atoms with E-state index in [1.54, 1.807) is 24.3 Å². The second-order valence-corrected chi connectivity index (χ2v) is 6.26. The van der Waals surface area contributed by atoms with Gasteiger partial charge < -0.3 is 15.4 Å². The number of hydrogen-bond acceptors (Lipinski definition) is 3. The Morgan fingerprint density at radius 1 is 1.08 bits per heavy atom. The normalized spacial score (nSPS) is 10.2. The third kappa shape index (κ3) is 6.58. The number of carbonyl (C=O) groups excluding carboxylic acids is 2. The summed E-state index contributed by atoms with van der Waals surface area (Å²) in [5.74, 6) is 0.289. The maximum Gasteiger partial charge on any atom is 0.257 e. The summed E-state index contributed by atoms with van der Waals surface area (Å²) in [5, 5.41) is 5.51. The summed E-state index contributed by atoms with van der Waals surface area (Å²) < 4.78 is 6.42. The van der Waals surface area contributed by atoms with Crippen LogP contribution >= 0.6 is 15.9 Å². The Labute approximate surface area is 155 Å². The van der Waals surface area contributed by atoms with Gasteiger partial charge in [-0.25, -0.2) is 0 Å². The van der Waals surface area contributed by atoms with Crippen molar-refractivity contribution in [3.63, 3.8) is 0 Å². The molecule has 2 aromatic rings. The number of aryl methyl sites for hydroxylation is 1. The highest BCUT2D eigenvalue weighted by molar-refractivity contribution is 9.10. The average Bonchev–Trinajstić information content (AvgIpc) is 2.60. The van der Waals surface area contributed by atoms with Crippen molar-refractivity contribution in [2.45, 2.75) is 19.8 Å². The molecule has 2 rings (SSSR count). The Kier molecular flexibility index (Phi) is 7.47. The zero-order valence-corrected chi connectivity index (χ0v) is 15.6. The molecule has 0 aliphatic rings. The molecule has 132 valence electrons. The summed E-state index contributed by atoms with van der Waals surface area (Å²) in [6.45, 7) is 2.37. The quantitative estimate of drug-likeness (QED) is 0.706. The zero-order valence-electron chi connectivity index (χ0n) is 14.0. The molecule has 2 amide bonds. The van der Waals surface area contributed by atoms with Crippen molar-refractivity contribution < 1.29 is 14.3 Å². The number of ether oxygens (including phenoxy) is 1. The van der Waals surface area contributed by atoms with Crippen molar-refractivity contribution in [2.75, 3.05) is 18.5 Å². The van der Waals surface area contributed by atoms with E-state index in [1.165, 1.54) is 0 Å². The second kappa shape index (κ2) is 9.84. The van der Waals surface area contributed by atoms with Gasteiger partial charge in [-0.05, 0) is 37.1 Å². The minimum absolute atomic E-state index is 0.0483. The SMILES string of the molecule is CCNC(=O)COc1cccc(NC(=O)CCc2ccccc2Br)c1. The number of rotatable bonds is 8. The Bertz CT molecular complexity index is 734. The van der Waals surface area contributed by atoms with Crippen LogP contribution in [0, 0.1) is 0 Å². The largest absolute Gasteiger partial charge is 0.484 e. The van der Waals surface area contributed by atoms with Crippen LogP contribution in [-0.4, -0.2) is 25.0 Å². The van der Waals surface area contributed by atoms with Gasteiger partial charge in [0.15, 0.2) is 6.61 Å². The minimum atomic E-state index is -0.176. The summed E-state index contributed by atoms with van der Waals surface area (Å²) in [4.78, 5) is 23.5. The maximum atomic E-state index is 12.1. The fourth-order valence-electron chi connectivity index (χ4n) is 2.23. The fraction of sp³-hybridized carbons (Fsp3) is 0.263. The summed E-state index contributed by atoms with van der Waals surface area (Å²) in [6, 6.07) is 14.9. The summed E-state index contributed by atoms with van der Waals surface area (Å²) >= 11 is 3.48. The predicted octanol–water partition coefficient (Wildman–Crippen LogP) is 3.54. The molecule has 0 spiro atoms. The Morgan fingerprint density at radius 3 is 2.64 bits per heavy atom. The summed E-state index contributed by atoms with van der Waals surface area (Å²) in [6.07, 6.45) is 1.03. The van der Waals surface area contributed by atoms with Gasteiger partial charge in [-0.2, -0.15) is 0 Å². The lowest BCUT2D eigenvalue weighted by Gasteiger charge is -2.09. The van der Waals surface area contributed by atoms with E-state index in [4.69, 9.17) is 4.74 Å². The van der Waals surface area contributed by atoms with Gasteiger partial charge in [0.25, 0.3) is 5.91 Å². The van der Waals surface area contributed by atoms with Crippen LogP contribution in [0.2, 0.25) is 0 Å². The number of anilines is 1. The van der Waals surface area contributed by atoms with Crippen molar-refractivity contribution in [1.82, 2.24) is 5.32 Å². The molecule has 0 aromatic heterocycles. The van der Waals surface area contributed by atoms with E-state index in [0.29, 0.717) is 30.8 Å². The highest BCUT2D eigenvalue weighted by Crippen LogP contribution is 2.19. The third-order valence-corrected chi connectivity index (χ3v) is 4.21. The molecule has 0 radical (unpaired) electrons. The topological polar surface area (TPSA) is 67.4 Å². The van der Waals surface area contributed by atoms with Crippen LogP contribution < -0.4 is 15.4 Å². The molecule has 0 fully saturated rings. The molecule has 0 saturated carbocycles. The van der Waals surface area contributed by atoms with Crippen LogP contribution in [0.4, 0.5) is 5.69 Å². The van der Waals surface area contributed by atoms with Crippen LogP contribution in [0.5, 0.6) is 5.75 Å². The number of carbonyl (C=O) groups is 2. The Hall–Kier alpha value is -2.34. The van der Waals surface area contributed by atoms with E-state index in [2.05, 4.69) is 26.6 Å². The molecule has 0 unspecified atom stereocenters. The number of amides is 2. The zero-order chi connectivity index (χ0) is 18.1. The smallest absolute Gasteiger partial charge is 0.257 e. The van der Waals surface area contributed by atoms with Crippen molar-refractivity contribution in [1.29, 1.82) is 0 Å². The van der Waals surface area contributed by atoms with Crippen LogP contribution in [-0.2, 0) is 16.0 Å². The standard InChI is InChI=1S/C19H21BrN2O3/c1-2-21-19(24)13-25-16-8-5-7-15(12-16)22-18(23)11-10-14-6-3-4-9-17(14)20/h3-9,12H,2,10-11,13H2,1H3,(H,21,24)(H,22,23). The second-order valence-electron chi connectivity index (χ2n) is 5.41. The van der Waals surface area contributed by atoms with Gasteiger partial charge in [0.05, 0.1) is 0 Å². The van der Waals surface area contributed by atoms with Gasteiger partial charge in [-0.1, -0.05) is 40.2 Å². The maximum absolute atomic E-state index is 12.1. The van der Waals surface area contributed by atoms with E-state index in [-0.39, 0.29) is 18.4 Å². The molecule has 0 heterocycles. The molecule has 6 heteroatoms. The molecule has 0 aliphatic carbocycles. The fourth-order valence-corrected chi connectivity index (χ4v) is 2.72. The summed E-state index contributed by atoms with van der Waals surface area (Å²) in [5.41, 5.74) is 1.74. The molecular weight excluding hydrogens is 384 g/mol. The van der Waals surface area contributed by atoms with Crippen LogP contribution in [0.3, 0.4) is 0 Å². The molecule has 0 aliphatic heterocycles. The predicted molar refractivity (Wildman–Crippen MR) is 102 cm³/mol. The molecule has 0 bridgehead atoms. The highest BCUT2D eigenvalue weighted by Gasteiger charge is 2.07. The molecular formula is C19H21BrN2O3. The number of benzene rings is 2.